The molecule has 1 aromatic carbocycles. The van der Waals surface area contributed by atoms with Gasteiger partial charge in [0.05, 0.1) is 22.5 Å². The third-order valence-corrected chi connectivity index (χ3v) is 4.27. The second kappa shape index (κ2) is 11.6. The van der Waals surface area contributed by atoms with Crippen molar-refractivity contribution in [3.05, 3.63) is 28.2 Å². The van der Waals surface area contributed by atoms with E-state index in [1.807, 2.05) is 6.92 Å². The lowest BCUT2D eigenvalue weighted by atomic mass is 10.0. The molecule has 8 nitrogen and oxygen atoms in total. The highest BCUT2D eigenvalue weighted by molar-refractivity contribution is 6.42. The molecule has 0 fully saturated rings. The predicted molar refractivity (Wildman–Crippen MR) is 98.9 cm³/mol. The van der Waals surface area contributed by atoms with Gasteiger partial charge in [0.15, 0.2) is 0 Å². The van der Waals surface area contributed by atoms with Gasteiger partial charge in [-0.1, -0.05) is 49.4 Å². The van der Waals surface area contributed by atoms with E-state index in [9.17, 15) is 19.6 Å². The zero-order chi connectivity index (χ0) is 19.5. The number of amides is 4. The van der Waals surface area contributed by atoms with Crippen LogP contribution in [0.5, 0.6) is 0 Å². The molecule has 0 saturated carbocycles. The summed E-state index contributed by atoms with van der Waals surface area (Å²) in [5.74, 6) is -1.16. The molecule has 0 spiro atoms. The van der Waals surface area contributed by atoms with Crippen LogP contribution in [0.15, 0.2) is 18.2 Å². The van der Waals surface area contributed by atoms with Gasteiger partial charge in [-0.3, -0.25) is 20.2 Å². The molecule has 1 atom stereocenters. The van der Waals surface area contributed by atoms with Crippen molar-refractivity contribution in [2.45, 2.75) is 32.6 Å². The first-order valence-corrected chi connectivity index (χ1v) is 8.85. The van der Waals surface area contributed by atoms with E-state index in [0.29, 0.717) is 22.2 Å². The minimum Gasteiger partial charge on any atom is -0.307 e. The Kier molecular flexibility index (Phi) is 9.79. The Balaban J connectivity index is 2.54. The number of hydrazine groups is 1. The molecule has 144 valence electrons. The summed E-state index contributed by atoms with van der Waals surface area (Å²) < 4.78 is 0. The first kappa shape index (κ1) is 22.0. The summed E-state index contributed by atoms with van der Waals surface area (Å²) in [4.78, 5) is 34.6. The van der Waals surface area contributed by atoms with Crippen molar-refractivity contribution in [2.75, 3.05) is 11.9 Å². The van der Waals surface area contributed by atoms with Crippen LogP contribution in [0.1, 0.15) is 32.6 Å². The first-order chi connectivity index (χ1) is 12.4. The molecular weight excluding hydrogens is 383 g/mol. The summed E-state index contributed by atoms with van der Waals surface area (Å²) >= 11 is 11.7. The molecule has 0 heterocycles. The molecule has 1 unspecified atom stereocenters. The topological polar surface area (TPSA) is 111 Å². The van der Waals surface area contributed by atoms with Crippen molar-refractivity contribution in [2.24, 2.45) is 5.92 Å². The maximum atomic E-state index is 12.2. The van der Waals surface area contributed by atoms with Crippen LogP contribution in [0, 0.1) is 5.92 Å². The predicted octanol–water partition coefficient (Wildman–Crippen LogP) is 3.19. The average molecular weight is 405 g/mol. The zero-order valence-corrected chi connectivity index (χ0v) is 15.8. The number of nitrogens with zero attached hydrogens (tertiary/aromatic N) is 1. The number of hydrogen-bond donors (Lipinski definition) is 4. The lowest BCUT2D eigenvalue weighted by Gasteiger charge is -2.19. The zero-order valence-electron chi connectivity index (χ0n) is 14.3. The molecule has 1 aromatic rings. The second-order valence-corrected chi connectivity index (χ2v) is 6.43. The number of benzene rings is 1. The van der Waals surface area contributed by atoms with E-state index < -0.39 is 17.9 Å². The van der Waals surface area contributed by atoms with E-state index in [2.05, 4.69) is 16.2 Å². The molecule has 4 amide bonds. The lowest BCUT2D eigenvalue weighted by Crippen LogP contribution is -2.48. The van der Waals surface area contributed by atoms with Crippen molar-refractivity contribution in [3.8, 4) is 0 Å². The maximum Gasteiger partial charge on any atom is 0.337 e. The Bertz CT molecular complexity index is 630. The van der Waals surface area contributed by atoms with Gasteiger partial charge >= 0.3 is 6.03 Å². The third-order valence-electron chi connectivity index (χ3n) is 3.53. The minimum atomic E-state index is -0.680. The van der Waals surface area contributed by atoms with Crippen LogP contribution in [0.25, 0.3) is 0 Å². The standard InChI is InChI=1S/C16H22Cl2N4O4/c1-2-3-4-5-11(9-22(26)10-23)15(24)20-21-16(25)19-12-6-7-13(17)14(18)8-12/h6-8,10-11,26H,2-5,9H2,1H3,(H,20,24)(H2,19,21,25). The number of nitrogens with one attached hydrogen (secondary N) is 3. The highest BCUT2D eigenvalue weighted by Gasteiger charge is 2.21. The van der Waals surface area contributed by atoms with Crippen LogP contribution >= 0.6 is 23.2 Å². The maximum absolute atomic E-state index is 12.2. The molecule has 26 heavy (non-hydrogen) atoms. The van der Waals surface area contributed by atoms with E-state index in [4.69, 9.17) is 23.2 Å². The molecule has 0 aliphatic rings. The molecule has 0 aromatic heterocycles. The molecule has 10 heteroatoms. The van der Waals surface area contributed by atoms with Gasteiger partial charge in [0, 0.05) is 5.69 Å². The van der Waals surface area contributed by atoms with Crippen molar-refractivity contribution in [1.29, 1.82) is 0 Å². The number of hydrogen-bond acceptors (Lipinski definition) is 4. The Morgan fingerprint density at radius 1 is 1.23 bits per heavy atom. The number of halogens is 2. The number of unbranched alkanes of at least 4 members (excludes halogenated alkanes) is 2. The fourth-order valence-electron chi connectivity index (χ4n) is 2.17. The van der Waals surface area contributed by atoms with Crippen molar-refractivity contribution >= 4 is 47.2 Å². The van der Waals surface area contributed by atoms with Crippen molar-refractivity contribution < 1.29 is 19.6 Å². The molecule has 1 rings (SSSR count). The van der Waals surface area contributed by atoms with Gasteiger partial charge in [-0.25, -0.2) is 15.3 Å². The molecule has 4 N–H and O–H groups in total. The number of rotatable bonds is 9. The van der Waals surface area contributed by atoms with E-state index in [-0.39, 0.29) is 18.0 Å². The van der Waals surface area contributed by atoms with Gasteiger partial charge in [0.25, 0.3) is 0 Å². The summed E-state index contributed by atoms with van der Waals surface area (Å²) in [6.07, 6.45) is 3.35. The Morgan fingerprint density at radius 2 is 1.96 bits per heavy atom. The summed E-state index contributed by atoms with van der Waals surface area (Å²) in [6, 6.07) is 3.86. The lowest BCUT2D eigenvalue weighted by molar-refractivity contribution is -0.154. The smallest absolute Gasteiger partial charge is 0.307 e. The van der Waals surface area contributed by atoms with E-state index >= 15 is 0 Å². The number of carbonyl (C=O) groups is 3. The number of hydroxylamine groups is 2. The SMILES string of the molecule is CCCCCC(CN(O)C=O)C(=O)NNC(=O)Nc1ccc(Cl)c(Cl)c1. The number of carbonyl (C=O) groups excluding carboxylic acids is 3. The van der Waals surface area contributed by atoms with Gasteiger partial charge in [-0.15, -0.1) is 0 Å². The van der Waals surface area contributed by atoms with E-state index in [1.54, 1.807) is 6.07 Å². The van der Waals surface area contributed by atoms with Gasteiger partial charge in [-0.2, -0.15) is 0 Å². The normalized spacial score (nSPS) is 11.4. The summed E-state index contributed by atoms with van der Waals surface area (Å²) in [7, 11) is 0. The number of urea groups is 1. The van der Waals surface area contributed by atoms with Crippen LogP contribution in [0.4, 0.5) is 10.5 Å². The first-order valence-electron chi connectivity index (χ1n) is 8.10. The van der Waals surface area contributed by atoms with Crippen LogP contribution in [0.3, 0.4) is 0 Å². The Labute approximate surface area is 161 Å². The Morgan fingerprint density at radius 3 is 2.58 bits per heavy atom. The van der Waals surface area contributed by atoms with Crippen molar-refractivity contribution in [1.82, 2.24) is 15.9 Å². The summed E-state index contributed by atoms with van der Waals surface area (Å²) in [5.41, 5.74) is 4.88. The molecular formula is C16H22Cl2N4O4. The fraction of sp³-hybridized carbons (Fsp3) is 0.438. The Hall–Kier alpha value is -2.03. The molecule has 0 bridgehead atoms. The average Bonchev–Trinajstić information content (AvgIpc) is 2.62. The second-order valence-electron chi connectivity index (χ2n) is 5.62. The van der Waals surface area contributed by atoms with Gasteiger partial charge in [-0.05, 0) is 24.6 Å². The summed E-state index contributed by atoms with van der Waals surface area (Å²) in [5, 5.41) is 12.8. The van der Waals surface area contributed by atoms with E-state index in [1.165, 1.54) is 12.1 Å². The van der Waals surface area contributed by atoms with Gasteiger partial charge in [0.2, 0.25) is 12.3 Å². The highest BCUT2D eigenvalue weighted by Crippen LogP contribution is 2.24. The largest absolute Gasteiger partial charge is 0.337 e. The van der Waals surface area contributed by atoms with Gasteiger partial charge < -0.3 is 5.32 Å². The fourth-order valence-corrected chi connectivity index (χ4v) is 2.47. The quantitative estimate of drug-likeness (QED) is 0.219. The van der Waals surface area contributed by atoms with Gasteiger partial charge in [0.1, 0.15) is 0 Å². The third kappa shape index (κ3) is 7.90. The van der Waals surface area contributed by atoms with Crippen LogP contribution in [-0.2, 0) is 9.59 Å². The highest BCUT2D eigenvalue weighted by atomic mass is 35.5. The van der Waals surface area contributed by atoms with Crippen LogP contribution in [-0.4, -0.2) is 35.2 Å². The summed E-state index contributed by atoms with van der Waals surface area (Å²) in [6.45, 7) is 1.86. The van der Waals surface area contributed by atoms with E-state index in [0.717, 1.165) is 19.3 Å². The monoisotopic (exact) mass is 404 g/mol. The number of anilines is 1. The minimum absolute atomic E-state index is 0.158. The van der Waals surface area contributed by atoms with Crippen LogP contribution < -0.4 is 16.2 Å². The molecule has 0 saturated heterocycles. The molecule has 0 radical (unpaired) electrons. The van der Waals surface area contributed by atoms with Crippen LogP contribution in [0.2, 0.25) is 10.0 Å². The molecule has 0 aliphatic heterocycles. The van der Waals surface area contributed by atoms with Crippen molar-refractivity contribution in [3.63, 3.8) is 0 Å². The molecule has 0 aliphatic carbocycles.